The molecule has 5 rings (SSSR count). The van der Waals surface area contributed by atoms with Crippen molar-refractivity contribution in [1.82, 2.24) is 15.2 Å². The second-order valence-electron chi connectivity index (χ2n) is 9.94. The minimum atomic E-state index is 0.000886. The number of nitrogens with one attached hydrogen (secondary N) is 1. The molecule has 0 aliphatic carbocycles. The number of anilines is 1. The quantitative estimate of drug-likeness (QED) is 0.581. The minimum absolute atomic E-state index is 0.000886. The highest BCUT2D eigenvalue weighted by Gasteiger charge is 2.29. The minimum Gasteiger partial charge on any atom is -0.508 e. The maximum absolute atomic E-state index is 14.0. The third kappa shape index (κ3) is 4.97. The van der Waals surface area contributed by atoms with E-state index in [9.17, 15) is 9.90 Å². The molecule has 2 aromatic carbocycles. The number of carbonyl (C=O) groups excluding carboxylic acids is 1. The van der Waals surface area contributed by atoms with Crippen molar-refractivity contribution >= 4 is 22.5 Å². The van der Waals surface area contributed by atoms with Gasteiger partial charge < -0.3 is 25.0 Å². The molecule has 2 N–H and O–H groups in total. The van der Waals surface area contributed by atoms with E-state index in [1.165, 1.54) is 0 Å². The number of pyridine rings is 1. The summed E-state index contributed by atoms with van der Waals surface area (Å²) >= 11 is 0. The molecule has 0 unspecified atom stereocenters. The lowest BCUT2D eigenvalue weighted by Crippen LogP contribution is -2.46. The first kappa shape index (κ1) is 23.6. The lowest BCUT2D eigenvalue weighted by Gasteiger charge is -2.38. The number of ether oxygens (including phenoxy) is 1. The summed E-state index contributed by atoms with van der Waals surface area (Å²) in [6, 6.07) is 13.5. The summed E-state index contributed by atoms with van der Waals surface area (Å²) in [4.78, 5) is 22.9. The van der Waals surface area contributed by atoms with Crippen LogP contribution < -0.4 is 10.2 Å². The Morgan fingerprint density at radius 2 is 1.94 bits per heavy atom. The molecule has 0 bridgehead atoms. The number of fused-ring (bicyclic) bond motifs is 1. The zero-order valence-corrected chi connectivity index (χ0v) is 20.7. The van der Waals surface area contributed by atoms with Crippen LogP contribution in [-0.4, -0.2) is 72.4 Å². The molecule has 2 fully saturated rings. The number of rotatable bonds is 5. The topological polar surface area (TPSA) is 77.9 Å². The second kappa shape index (κ2) is 9.84. The Morgan fingerprint density at radius 3 is 2.66 bits per heavy atom. The Kier molecular flexibility index (Phi) is 6.62. The fourth-order valence-corrected chi connectivity index (χ4v) is 5.40. The third-order valence-corrected chi connectivity index (χ3v) is 7.00. The number of nitrogens with zero attached hydrogens (tertiary/aromatic N) is 3. The van der Waals surface area contributed by atoms with Crippen molar-refractivity contribution in [3.63, 3.8) is 0 Å². The van der Waals surface area contributed by atoms with E-state index in [4.69, 9.17) is 9.72 Å². The normalized spacial score (nSPS) is 22.5. The van der Waals surface area contributed by atoms with E-state index < -0.39 is 0 Å². The maximum Gasteiger partial charge on any atom is 0.256 e. The average molecular weight is 475 g/mol. The Labute approximate surface area is 206 Å². The molecule has 184 valence electrons. The van der Waals surface area contributed by atoms with E-state index in [0.29, 0.717) is 31.2 Å². The fraction of sp³-hybridized carbons (Fsp3) is 0.429. The molecular weight excluding hydrogens is 440 g/mol. The number of aromatic hydroxyl groups is 1. The number of likely N-dealkylation sites (N-methyl/N-ethyl adjacent to an activating group) is 1. The summed E-state index contributed by atoms with van der Waals surface area (Å²) in [5.74, 6) is 0.215. The molecule has 1 amide bonds. The number of benzene rings is 2. The van der Waals surface area contributed by atoms with Gasteiger partial charge >= 0.3 is 0 Å². The summed E-state index contributed by atoms with van der Waals surface area (Å²) in [6.07, 6.45) is 4.21. The molecule has 3 atom stereocenters. The van der Waals surface area contributed by atoms with Gasteiger partial charge in [0.25, 0.3) is 5.91 Å². The van der Waals surface area contributed by atoms with Gasteiger partial charge in [-0.15, -0.1) is 0 Å². The Bertz CT molecular complexity index is 1210. The van der Waals surface area contributed by atoms with E-state index in [2.05, 4.69) is 24.1 Å². The highest BCUT2D eigenvalue weighted by atomic mass is 16.5. The van der Waals surface area contributed by atoms with Crippen LogP contribution in [0.3, 0.4) is 0 Å². The van der Waals surface area contributed by atoms with Gasteiger partial charge in [-0.3, -0.25) is 9.78 Å². The molecule has 0 radical (unpaired) electrons. The van der Waals surface area contributed by atoms with Crippen molar-refractivity contribution in [3.05, 3.63) is 54.2 Å². The van der Waals surface area contributed by atoms with Crippen molar-refractivity contribution in [2.45, 2.75) is 44.9 Å². The van der Waals surface area contributed by atoms with Crippen LogP contribution in [0.25, 0.3) is 22.0 Å². The molecule has 2 aliphatic heterocycles. The standard InChI is InChI=1S/C28H34N4O3/c1-18-15-32(16-19(2)35-18)26-14-30-25-10-9-21(20-6-4-8-23(33)12-20)13-24(25)27(26)28(34)31(3)17-22-7-5-11-29-22/h4,6,8-10,12-14,18-19,22,29,33H,5,7,11,15-17H2,1-3H3/t18-,19-,22+/m1/s1. The zero-order valence-electron chi connectivity index (χ0n) is 20.7. The number of morpholine rings is 1. The molecule has 0 saturated carbocycles. The van der Waals surface area contributed by atoms with Gasteiger partial charge in [0.05, 0.1) is 35.2 Å². The number of phenolic OH excluding ortho intramolecular Hbond substituents is 1. The number of aromatic nitrogens is 1. The predicted octanol–water partition coefficient (Wildman–Crippen LogP) is 4.05. The summed E-state index contributed by atoms with van der Waals surface area (Å²) in [5, 5.41) is 14.3. The summed E-state index contributed by atoms with van der Waals surface area (Å²) in [7, 11) is 1.89. The number of hydrogen-bond donors (Lipinski definition) is 2. The van der Waals surface area contributed by atoms with Gasteiger partial charge in [0, 0.05) is 38.1 Å². The highest BCUT2D eigenvalue weighted by Crippen LogP contribution is 2.34. The van der Waals surface area contributed by atoms with Gasteiger partial charge in [0.2, 0.25) is 0 Å². The molecule has 2 saturated heterocycles. The number of amides is 1. The molecule has 7 heteroatoms. The Hall–Kier alpha value is -3.16. The van der Waals surface area contributed by atoms with Gasteiger partial charge in [-0.05, 0) is 68.6 Å². The summed E-state index contributed by atoms with van der Waals surface area (Å²) < 4.78 is 5.96. The van der Waals surface area contributed by atoms with Crippen molar-refractivity contribution in [3.8, 4) is 16.9 Å². The largest absolute Gasteiger partial charge is 0.508 e. The molecule has 3 heterocycles. The van der Waals surface area contributed by atoms with Crippen LogP contribution in [-0.2, 0) is 4.74 Å². The molecule has 3 aromatic rings. The smallest absolute Gasteiger partial charge is 0.256 e. The molecular formula is C28H34N4O3. The second-order valence-corrected chi connectivity index (χ2v) is 9.94. The number of phenols is 1. The van der Waals surface area contributed by atoms with Crippen LogP contribution in [0, 0.1) is 0 Å². The van der Waals surface area contributed by atoms with E-state index in [-0.39, 0.29) is 23.9 Å². The van der Waals surface area contributed by atoms with Crippen LogP contribution in [0.2, 0.25) is 0 Å². The van der Waals surface area contributed by atoms with Crippen molar-refractivity contribution in [2.24, 2.45) is 0 Å². The first-order valence-corrected chi connectivity index (χ1v) is 12.5. The van der Waals surface area contributed by atoms with Crippen LogP contribution >= 0.6 is 0 Å². The maximum atomic E-state index is 14.0. The fourth-order valence-electron chi connectivity index (χ4n) is 5.40. The lowest BCUT2D eigenvalue weighted by molar-refractivity contribution is -0.00530. The molecule has 1 aromatic heterocycles. The first-order chi connectivity index (χ1) is 16.9. The number of hydrogen-bond acceptors (Lipinski definition) is 6. The van der Waals surface area contributed by atoms with Gasteiger partial charge in [-0.25, -0.2) is 0 Å². The molecule has 0 spiro atoms. The molecule has 2 aliphatic rings. The van der Waals surface area contributed by atoms with Crippen molar-refractivity contribution in [1.29, 1.82) is 0 Å². The van der Waals surface area contributed by atoms with Gasteiger partial charge in [0.15, 0.2) is 0 Å². The first-order valence-electron chi connectivity index (χ1n) is 12.5. The predicted molar refractivity (Wildman–Crippen MR) is 139 cm³/mol. The van der Waals surface area contributed by atoms with Gasteiger partial charge in [0.1, 0.15) is 5.75 Å². The van der Waals surface area contributed by atoms with Crippen LogP contribution in [0.15, 0.2) is 48.7 Å². The Balaban J connectivity index is 1.62. The van der Waals surface area contributed by atoms with Crippen LogP contribution in [0.5, 0.6) is 5.75 Å². The van der Waals surface area contributed by atoms with E-state index in [1.807, 2.05) is 48.5 Å². The van der Waals surface area contributed by atoms with Crippen molar-refractivity contribution in [2.75, 3.05) is 38.1 Å². The van der Waals surface area contributed by atoms with Crippen LogP contribution in [0.4, 0.5) is 5.69 Å². The summed E-state index contributed by atoms with van der Waals surface area (Å²) in [6.45, 7) is 7.22. The number of carbonyl (C=O) groups is 1. The Morgan fingerprint density at radius 1 is 1.17 bits per heavy atom. The lowest BCUT2D eigenvalue weighted by atomic mass is 9.98. The molecule has 7 nitrogen and oxygen atoms in total. The monoisotopic (exact) mass is 474 g/mol. The SMILES string of the molecule is C[C@@H]1CN(c2cnc3ccc(-c4cccc(O)c4)cc3c2C(=O)N(C)C[C@@H]2CCCN2)C[C@@H](C)O1. The molecule has 35 heavy (non-hydrogen) atoms. The van der Waals surface area contributed by atoms with Crippen molar-refractivity contribution < 1.29 is 14.6 Å². The van der Waals surface area contributed by atoms with Gasteiger partial charge in [-0.2, -0.15) is 0 Å². The van der Waals surface area contributed by atoms with E-state index >= 15 is 0 Å². The van der Waals surface area contributed by atoms with Gasteiger partial charge in [-0.1, -0.05) is 18.2 Å². The van der Waals surface area contributed by atoms with E-state index in [0.717, 1.165) is 47.1 Å². The van der Waals surface area contributed by atoms with E-state index in [1.54, 1.807) is 12.1 Å². The average Bonchev–Trinajstić information content (AvgIpc) is 3.35. The zero-order chi connectivity index (χ0) is 24.5. The van der Waals surface area contributed by atoms with Crippen LogP contribution in [0.1, 0.15) is 37.0 Å². The summed E-state index contributed by atoms with van der Waals surface area (Å²) in [5.41, 5.74) is 4.14. The highest BCUT2D eigenvalue weighted by molar-refractivity contribution is 6.11. The third-order valence-electron chi connectivity index (χ3n) is 7.00.